The first-order valence-electron chi connectivity index (χ1n) is 11.8. The maximum Gasteiger partial charge on any atom is 0.345 e. The summed E-state index contributed by atoms with van der Waals surface area (Å²) in [5.41, 5.74) is -0.498. The molecule has 0 bridgehead atoms. The molecular formula is C24H26F4N4O8. The molecule has 0 aliphatic carbocycles. The molecule has 218 valence electrons. The van der Waals surface area contributed by atoms with Crippen molar-refractivity contribution in [3.8, 4) is 0 Å². The quantitative estimate of drug-likeness (QED) is 0.195. The first-order valence-corrected chi connectivity index (χ1v) is 11.8. The van der Waals surface area contributed by atoms with Gasteiger partial charge in [-0.15, -0.1) is 0 Å². The van der Waals surface area contributed by atoms with E-state index in [1.165, 1.54) is 6.92 Å². The molecular weight excluding hydrogens is 548 g/mol. The summed E-state index contributed by atoms with van der Waals surface area (Å²) in [6.07, 6.45) is 1.90. The minimum absolute atomic E-state index is 0.0127. The number of carbonyl (C=O) groups excluding carboxylic acids is 4. The van der Waals surface area contributed by atoms with Gasteiger partial charge in [0.05, 0.1) is 32.1 Å². The molecule has 2 aromatic rings. The van der Waals surface area contributed by atoms with Crippen molar-refractivity contribution in [3.05, 3.63) is 54.2 Å². The van der Waals surface area contributed by atoms with E-state index < -0.39 is 73.7 Å². The van der Waals surface area contributed by atoms with E-state index >= 15 is 0 Å². The number of ether oxygens (including phenoxy) is 3. The third-order valence-electron chi connectivity index (χ3n) is 5.70. The second kappa shape index (κ2) is 14.0. The van der Waals surface area contributed by atoms with Crippen LogP contribution in [0.3, 0.4) is 0 Å². The topological polar surface area (TPSA) is 161 Å². The van der Waals surface area contributed by atoms with Crippen molar-refractivity contribution in [3.63, 3.8) is 0 Å². The van der Waals surface area contributed by atoms with E-state index in [-0.39, 0.29) is 18.8 Å². The number of amides is 3. The van der Waals surface area contributed by atoms with Gasteiger partial charge in [-0.25, -0.2) is 4.98 Å². The zero-order chi connectivity index (χ0) is 29.3. The summed E-state index contributed by atoms with van der Waals surface area (Å²) < 4.78 is 69.3. The van der Waals surface area contributed by atoms with E-state index in [2.05, 4.69) is 30.4 Å². The number of Topliss-reactive ketones (excluding diaryl/α,β-unsaturated/α-hetero) is 1. The second-order valence-corrected chi connectivity index (χ2v) is 8.78. The summed E-state index contributed by atoms with van der Waals surface area (Å²) in [6.45, 7) is -7.15. The number of carbonyl (C=O) groups is 4. The van der Waals surface area contributed by atoms with Gasteiger partial charge in [0.1, 0.15) is 17.7 Å². The lowest BCUT2D eigenvalue weighted by atomic mass is 9.94. The Hall–Kier alpha value is -3.89. The number of epoxide rings is 1. The van der Waals surface area contributed by atoms with Gasteiger partial charge >= 0.3 is 13.2 Å². The Labute approximate surface area is 224 Å². The SMILES string of the molecule is C[C@]1(C(=O)[C@H](Cc2ccccc2)NC(=O)[C@H](COC(F)F)NC(=O)[C@H](COC(F)F)NC(=O)c2cnco2)CO1. The second-order valence-electron chi connectivity index (χ2n) is 8.78. The van der Waals surface area contributed by atoms with Crippen LogP contribution >= 0.6 is 0 Å². The highest BCUT2D eigenvalue weighted by Gasteiger charge is 2.50. The predicted molar refractivity (Wildman–Crippen MR) is 125 cm³/mol. The molecule has 4 atom stereocenters. The molecule has 12 nitrogen and oxygen atoms in total. The Balaban J connectivity index is 1.76. The highest BCUT2D eigenvalue weighted by Crippen LogP contribution is 2.29. The summed E-state index contributed by atoms with van der Waals surface area (Å²) in [5.74, 6) is -4.25. The molecule has 0 spiro atoms. The van der Waals surface area contributed by atoms with E-state index in [0.29, 0.717) is 5.56 Å². The number of benzene rings is 1. The Kier molecular flexibility index (Phi) is 10.7. The molecule has 2 heterocycles. The van der Waals surface area contributed by atoms with Crippen LogP contribution < -0.4 is 16.0 Å². The molecule has 16 heteroatoms. The normalized spacial score (nSPS) is 18.6. The van der Waals surface area contributed by atoms with Crippen LogP contribution in [0.5, 0.6) is 0 Å². The number of hydrogen-bond donors (Lipinski definition) is 3. The number of oxazole rings is 1. The van der Waals surface area contributed by atoms with Gasteiger partial charge in [-0.3, -0.25) is 19.2 Å². The van der Waals surface area contributed by atoms with Gasteiger partial charge in [0, 0.05) is 0 Å². The van der Waals surface area contributed by atoms with Crippen LogP contribution in [-0.4, -0.2) is 85.3 Å². The number of halogens is 4. The molecule has 1 aliphatic heterocycles. The fourth-order valence-corrected chi connectivity index (χ4v) is 3.48. The van der Waals surface area contributed by atoms with Gasteiger partial charge in [0.25, 0.3) is 5.91 Å². The Bertz CT molecular complexity index is 1150. The van der Waals surface area contributed by atoms with Crippen molar-refractivity contribution in [2.75, 3.05) is 19.8 Å². The van der Waals surface area contributed by atoms with Gasteiger partial charge in [0.15, 0.2) is 12.2 Å². The molecule has 1 fully saturated rings. The monoisotopic (exact) mass is 574 g/mol. The summed E-state index contributed by atoms with van der Waals surface area (Å²) in [6, 6.07) is 3.72. The van der Waals surface area contributed by atoms with Crippen molar-refractivity contribution < 1.29 is 55.4 Å². The zero-order valence-corrected chi connectivity index (χ0v) is 21.0. The van der Waals surface area contributed by atoms with Crippen molar-refractivity contribution in [2.45, 2.75) is 50.3 Å². The number of aromatic nitrogens is 1. The van der Waals surface area contributed by atoms with Crippen LogP contribution in [0.1, 0.15) is 23.0 Å². The number of hydrogen-bond acceptors (Lipinski definition) is 9. The number of nitrogens with one attached hydrogen (secondary N) is 3. The number of nitrogens with zero attached hydrogens (tertiary/aromatic N) is 1. The molecule has 1 aromatic heterocycles. The van der Waals surface area contributed by atoms with E-state index in [1.54, 1.807) is 30.3 Å². The molecule has 40 heavy (non-hydrogen) atoms. The molecule has 1 aliphatic rings. The Morgan fingerprint density at radius 3 is 1.98 bits per heavy atom. The van der Waals surface area contributed by atoms with Crippen molar-refractivity contribution in [2.24, 2.45) is 0 Å². The molecule has 3 rings (SSSR count). The summed E-state index contributed by atoms with van der Waals surface area (Å²) in [4.78, 5) is 54.9. The zero-order valence-electron chi connectivity index (χ0n) is 21.0. The molecule has 0 unspecified atom stereocenters. The molecule has 0 radical (unpaired) electrons. The summed E-state index contributed by atoms with van der Waals surface area (Å²) in [5, 5.41) is 6.56. The van der Waals surface area contributed by atoms with Crippen molar-refractivity contribution >= 4 is 23.5 Å². The van der Waals surface area contributed by atoms with Crippen LogP contribution in [0.2, 0.25) is 0 Å². The Morgan fingerprint density at radius 2 is 1.48 bits per heavy atom. The molecule has 3 amide bonds. The standard InChI is InChI=1S/C24H26F4N4O8/c1-24(11-40-24)18(33)14(7-13-5-3-2-4-6-13)30-19(34)15(9-37-22(25)26)31-20(35)16(10-38-23(27)28)32-21(36)17-8-29-12-39-17/h2-6,8,12,14-16,22-23H,7,9-11H2,1H3,(H,30,34)(H,31,35)(H,32,36)/t14-,15-,16-,24+/m0/s1. The van der Waals surface area contributed by atoms with Crippen LogP contribution in [0, 0.1) is 0 Å². The third kappa shape index (κ3) is 9.10. The largest absolute Gasteiger partial charge is 0.438 e. The molecule has 1 aromatic carbocycles. The van der Waals surface area contributed by atoms with Gasteiger partial charge in [0.2, 0.25) is 17.6 Å². The van der Waals surface area contributed by atoms with Gasteiger partial charge in [-0.1, -0.05) is 30.3 Å². The molecule has 1 saturated heterocycles. The number of alkyl halides is 4. The highest BCUT2D eigenvalue weighted by molar-refractivity contribution is 5.99. The maximum atomic E-state index is 13.1. The van der Waals surface area contributed by atoms with Crippen LogP contribution in [0.15, 0.2) is 47.3 Å². The number of ketones is 1. The van der Waals surface area contributed by atoms with Gasteiger partial charge in [-0.05, 0) is 18.9 Å². The molecule has 3 N–H and O–H groups in total. The van der Waals surface area contributed by atoms with Crippen LogP contribution in [-0.2, 0) is 35.0 Å². The van der Waals surface area contributed by atoms with Crippen molar-refractivity contribution in [1.29, 1.82) is 0 Å². The first kappa shape index (κ1) is 30.6. The molecule has 0 saturated carbocycles. The van der Waals surface area contributed by atoms with E-state index in [1.807, 2.05) is 0 Å². The number of rotatable bonds is 16. The lowest BCUT2D eigenvalue weighted by Crippen LogP contribution is -2.59. The van der Waals surface area contributed by atoms with E-state index in [4.69, 9.17) is 9.15 Å². The lowest BCUT2D eigenvalue weighted by Gasteiger charge is -2.25. The fraction of sp³-hybridized carbons (Fsp3) is 0.458. The van der Waals surface area contributed by atoms with Gasteiger partial charge in [-0.2, -0.15) is 17.6 Å². The first-order chi connectivity index (χ1) is 19.0. The fourth-order valence-electron chi connectivity index (χ4n) is 3.48. The van der Waals surface area contributed by atoms with E-state index in [9.17, 15) is 36.7 Å². The van der Waals surface area contributed by atoms with Crippen LogP contribution in [0.25, 0.3) is 0 Å². The average molecular weight is 574 g/mol. The minimum atomic E-state index is -3.34. The van der Waals surface area contributed by atoms with Gasteiger partial charge < -0.3 is 34.6 Å². The highest BCUT2D eigenvalue weighted by atomic mass is 19.3. The van der Waals surface area contributed by atoms with Crippen LogP contribution in [0.4, 0.5) is 17.6 Å². The minimum Gasteiger partial charge on any atom is -0.438 e. The average Bonchev–Trinajstić information content (AvgIpc) is 3.42. The Morgan fingerprint density at radius 1 is 0.925 bits per heavy atom. The summed E-state index contributed by atoms with van der Waals surface area (Å²) in [7, 11) is 0. The van der Waals surface area contributed by atoms with Crippen molar-refractivity contribution in [1.82, 2.24) is 20.9 Å². The lowest BCUT2D eigenvalue weighted by molar-refractivity contribution is -0.152. The maximum absolute atomic E-state index is 13.1. The smallest absolute Gasteiger partial charge is 0.345 e. The van der Waals surface area contributed by atoms with E-state index in [0.717, 1.165) is 12.6 Å². The summed E-state index contributed by atoms with van der Waals surface area (Å²) >= 11 is 0. The predicted octanol–water partition coefficient (Wildman–Crippen LogP) is 0.822. The third-order valence-corrected chi connectivity index (χ3v) is 5.70.